The number of fused-ring (bicyclic) bond motifs is 8. The molecule has 3 aliphatic rings. The summed E-state index contributed by atoms with van der Waals surface area (Å²) in [7, 11) is 0. The molecule has 0 radical (unpaired) electrons. The Morgan fingerprint density at radius 3 is 1.75 bits per heavy atom. The molecule has 2 aliphatic heterocycles. The van der Waals surface area contributed by atoms with Crippen molar-refractivity contribution in [3.8, 4) is 11.1 Å². The van der Waals surface area contributed by atoms with Crippen LogP contribution in [0, 0.1) is 0 Å². The molecule has 2 heterocycles. The molecule has 0 atom stereocenters. The minimum absolute atomic E-state index is 0.105. The zero-order valence-electron chi connectivity index (χ0n) is 36.3. The molecule has 10 aromatic rings. The summed E-state index contributed by atoms with van der Waals surface area (Å²) in [6.07, 6.45) is 6.98. The van der Waals surface area contributed by atoms with Crippen LogP contribution in [0.5, 0.6) is 0 Å². The van der Waals surface area contributed by atoms with Gasteiger partial charge in [-0.15, -0.1) is 0 Å². The van der Waals surface area contributed by atoms with Gasteiger partial charge in [0.05, 0.1) is 17.1 Å². The second-order valence-electron chi connectivity index (χ2n) is 19.2. The molecule has 13 rings (SSSR count). The van der Waals surface area contributed by atoms with Crippen molar-refractivity contribution in [2.45, 2.75) is 51.4 Å². The van der Waals surface area contributed by atoms with Crippen molar-refractivity contribution in [2.24, 2.45) is 0 Å². The van der Waals surface area contributed by atoms with Crippen molar-refractivity contribution >= 4 is 83.7 Å². The van der Waals surface area contributed by atoms with Crippen LogP contribution < -0.4 is 9.80 Å². The third kappa shape index (κ3) is 5.13. The molecule has 0 saturated heterocycles. The quantitative estimate of drug-likeness (QED) is 0.0993. The molecule has 0 unspecified atom stereocenters. The van der Waals surface area contributed by atoms with E-state index in [2.05, 4.69) is 220 Å². The molecule has 2 nitrogen and oxygen atoms in total. The van der Waals surface area contributed by atoms with Gasteiger partial charge in [0.25, 0.3) is 0 Å². The van der Waals surface area contributed by atoms with Gasteiger partial charge in [-0.2, -0.15) is 0 Å². The van der Waals surface area contributed by atoms with Crippen LogP contribution in [-0.4, -0.2) is 6.54 Å². The summed E-state index contributed by atoms with van der Waals surface area (Å²) in [5.74, 6) is 0. The van der Waals surface area contributed by atoms with E-state index < -0.39 is 0 Å². The zero-order valence-corrected chi connectivity index (χ0v) is 36.3. The number of hydrogen-bond acceptors (Lipinski definition) is 2. The largest absolute Gasteiger partial charge is 0.341 e. The Labute approximate surface area is 369 Å². The van der Waals surface area contributed by atoms with E-state index in [0.717, 1.165) is 13.0 Å². The Hall–Kier alpha value is -7.16. The van der Waals surface area contributed by atoms with E-state index in [4.69, 9.17) is 0 Å². The number of aryl methyl sites for hydroxylation is 1. The zero-order chi connectivity index (χ0) is 42.2. The Bertz CT molecular complexity index is 3500. The lowest BCUT2D eigenvalue weighted by Gasteiger charge is -2.42. The summed E-state index contributed by atoms with van der Waals surface area (Å²) in [6, 6.07) is 64.3. The van der Waals surface area contributed by atoms with Crippen LogP contribution in [0.2, 0.25) is 0 Å². The highest BCUT2D eigenvalue weighted by atomic mass is 15.2. The summed E-state index contributed by atoms with van der Waals surface area (Å²) in [5.41, 5.74) is 18.3. The van der Waals surface area contributed by atoms with Crippen molar-refractivity contribution in [2.75, 3.05) is 16.3 Å². The third-order valence-corrected chi connectivity index (χ3v) is 15.1. The van der Waals surface area contributed by atoms with Crippen LogP contribution in [-0.2, 0) is 17.3 Å². The van der Waals surface area contributed by atoms with Crippen LogP contribution in [0.15, 0.2) is 170 Å². The van der Waals surface area contributed by atoms with Gasteiger partial charge in [0, 0.05) is 34.1 Å². The maximum absolute atomic E-state index is 2.53. The lowest BCUT2D eigenvalue weighted by Crippen LogP contribution is -2.30. The molecule has 0 spiro atoms. The van der Waals surface area contributed by atoms with Crippen LogP contribution >= 0.6 is 0 Å². The van der Waals surface area contributed by atoms with Crippen LogP contribution in [0.25, 0.3) is 66.4 Å². The maximum atomic E-state index is 2.53. The topological polar surface area (TPSA) is 6.48 Å². The second-order valence-corrected chi connectivity index (χ2v) is 19.2. The predicted octanol–water partition coefficient (Wildman–Crippen LogP) is 16.4. The van der Waals surface area contributed by atoms with Gasteiger partial charge in [-0.05, 0) is 137 Å². The number of benzene rings is 10. The predicted molar refractivity (Wildman–Crippen MR) is 269 cm³/mol. The van der Waals surface area contributed by atoms with Crippen LogP contribution in [0.1, 0.15) is 73.1 Å². The van der Waals surface area contributed by atoms with Crippen molar-refractivity contribution in [3.05, 3.63) is 209 Å². The number of anilines is 5. The Morgan fingerprint density at radius 2 is 1.00 bits per heavy atom. The van der Waals surface area contributed by atoms with Crippen molar-refractivity contribution in [1.29, 1.82) is 0 Å². The molecule has 0 N–H and O–H groups in total. The van der Waals surface area contributed by atoms with Gasteiger partial charge < -0.3 is 9.80 Å². The molecule has 0 saturated carbocycles. The van der Waals surface area contributed by atoms with Crippen molar-refractivity contribution in [1.82, 2.24) is 0 Å². The molecule has 0 fully saturated rings. The summed E-state index contributed by atoms with van der Waals surface area (Å²) < 4.78 is 0. The Morgan fingerprint density at radius 1 is 0.429 bits per heavy atom. The highest BCUT2D eigenvalue weighted by Crippen LogP contribution is 2.55. The summed E-state index contributed by atoms with van der Waals surface area (Å²) in [4.78, 5) is 5.03. The molecular weight excluding hydrogens is 761 g/mol. The van der Waals surface area contributed by atoms with Gasteiger partial charge in [-0.3, -0.25) is 0 Å². The highest BCUT2D eigenvalue weighted by Gasteiger charge is 2.38. The molecular formula is C61H48N2. The lowest BCUT2D eigenvalue weighted by atomic mass is 9.73. The van der Waals surface area contributed by atoms with Gasteiger partial charge in [0.15, 0.2) is 0 Å². The number of para-hydroxylation sites is 3. The number of hydrogen-bond donors (Lipinski definition) is 0. The molecule has 0 bridgehead atoms. The number of nitrogens with zero attached hydrogens (tertiary/aromatic N) is 2. The van der Waals surface area contributed by atoms with E-state index in [1.165, 1.54) is 128 Å². The minimum atomic E-state index is -0.106. The summed E-state index contributed by atoms with van der Waals surface area (Å²) in [6.45, 7) is 10.6. The van der Waals surface area contributed by atoms with E-state index in [-0.39, 0.29) is 10.8 Å². The molecule has 2 heteroatoms. The fourth-order valence-electron chi connectivity index (χ4n) is 12.0. The first-order valence-electron chi connectivity index (χ1n) is 22.7. The second kappa shape index (κ2) is 13.2. The first kappa shape index (κ1) is 36.5. The van der Waals surface area contributed by atoms with Crippen molar-refractivity contribution < 1.29 is 0 Å². The first-order valence-corrected chi connectivity index (χ1v) is 22.7. The molecule has 63 heavy (non-hydrogen) atoms. The first-order chi connectivity index (χ1) is 30.8. The van der Waals surface area contributed by atoms with E-state index in [0.29, 0.717) is 0 Å². The molecule has 302 valence electrons. The van der Waals surface area contributed by atoms with Gasteiger partial charge in [-0.1, -0.05) is 173 Å². The Balaban J connectivity index is 0.890. The number of rotatable bonds is 4. The van der Waals surface area contributed by atoms with E-state index in [1.807, 2.05) is 0 Å². The van der Waals surface area contributed by atoms with Crippen LogP contribution in [0.4, 0.5) is 28.4 Å². The highest BCUT2D eigenvalue weighted by molar-refractivity contribution is 6.35. The molecule has 10 aromatic carbocycles. The maximum Gasteiger partial charge on any atom is 0.0540 e. The van der Waals surface area contributed by atoms with Gasteiger partial charge >= 0.3 is 0 Å². The van der Waals surface area contributed by atoms with Gasteiger partial charge in [-0.25, -0.2) is 0 Å². The minimum Gasteiger partial charge on any atom is -0.341 e. The molecule has 0 aromatic heterocycles. The van der Waals surface area contributed by atoms with E-state index in [1.54, 1.807) is 0 Å². The fraction of sp³-hybridized carbons (Fsp3) is 0.148. The van der Waals surface area contributed by atoms with Crippen molar-refractivity contribution in [3.63, 3.8) is 0 Å². The van der Waals surface area contributed by atoms with Crippen LogP contribution in [0.3, 0.4) is 0 Å². The van der Waals surface area contributed by atoms with E-state index in [9.17, 15) is 0 Å². The lowest BCUT2D eigenvalue weighted by molar-refractivity contribution is 0.632. The Kier molecular flexibility index (Phi) is 7.63. The third-order valence-electron chi connectivity index (χ3n) is 15.1. The average molecular weight is 809 g/mol. The van der Waals surface area contributed by atoms with E-state index >= 15 is 0 Å². The summed E-state index contributed by atoms with van der Waals surface area (Å²) >= 11 is 0. The standard InChI is InChI=1S/C61H48N2/c1-60(2)50-20-6-9-23-56(50)63(57-24-10-7-21-51(57)60)55-34-33-48-45-17-11-16-42-39(28-31-47(58(42)45)46-18-12-19-49(55)59(46)48)27-25-38-26-30-43-44-32-29-41(37-53(44)61(3,4)52(43)36-38)62-35-13-15-40-14-5-8-22-54(40)62/h5-12,14,16-34,36-37H,13,15,35H2,1-4H3/b27-25+. The normalized spacial score (nSPS) is 15.9. The SMILES string of the molecule is CC1(C)c2cc(/C=C/c3ccc4c5cccc6c(N7c8ccccc8C(C)(C)c8ccccc87)ccc(c7cccc3c47)c65)ccc2-c2ccc(N3CCCc4ccccc43)cc21. The van der Waals surface area contributed by atoms with Gasteiger partial charge in [0.2, 0.25) is 0 Å². The monoisotopic (exact) mass is 808 g/mol. The summed E-state index contributed by atoms with van der Waals surface area (Å²) in [5, 5.41) is 10.4. The van der Waals surface area contributed by atoms with Gasteiger partial charge in [0.1, 0.15) is 0 Å². The fourth-order valence-corrected chi connectivity index (χ4v) is 12.0. The average Bonchev–Trinajstić information content (AvgIpc) is 3.54. The smallest absolute Gasteiger partial charge is 0.0540 e. The molecule has 1 aliphatic carbocycles. The molecule has 0 amide bonds.